The summed E-state index contributed by atoms with van der Waals surface area (Å²) < 4.78 is 0. The molecule has 0 saturated carbocycles. The van der Waals surface area contributed by atoms with Crippen molar-refractivity contribution in [1.82, 2.24) is 79.8 Å². The highest BCUT2D eigenvalue weighted by Gasteiger charge is 2.39. The van der Waals surface area contributed by atoms with Crippen LogP contribution >= 0.6 is 11.8 Å². The van der Waals surface area contributed by atoms with Gasteiger partial charge in [-0.3, -0.25) is 106 Å². The second kappa shape index (κ2) is 51.8. The lowest BCUT2D eigenvalue weighted by molar-refractivity contribution is -0.144. The number of nitrogens with two attached hydrogens (primary N) is 3. The number of primary amides is 1. The van der Waals surface area contributed by atoms with Gasteiger partial charge in [-0.25, -0.2) is 4.99 Å². The van der Waals surface area contributed by atoms with Gasteiger partial charge in [0, 0.05) is 44.9 Å². The number of aliphatic imine (C=N–C) groups is 2. The number of hydrogen-bond acceptors (Lipinski definition) is 26. The Bertz CT molecular complexity index is 4270. The number of nitrogens with zero attached hydrogens (tertiary/aromatic N) is 2. The van der Waals surface area contributed by atoms with Crippen molar-refractivity contribution in [2.75, 3.05) is 44.7 Å². The molecule has 656 valence electrons. The number of guanidine groups is 1. The van der Waals surface area contributed by atoms with Crippen LogP contribution in [0.15, 0.2) is 94.9 Å². The van der Waals surface area contributed by atoms with Crippen molar-refractivity contribution in [3.8, 4) is 5.75 Å². The smallest absolute Gasteiger partial charge is 0.322 e. The molecule has 4 rings (SSSR count). The van der Waals surface area contributed by atoms with Crippen molar-refractivity contribution in [3.05, 3.63) is 102 Å². The maximum absolute atomic E-state index is 14.5. The van der Waals surface area contributed by atoms with Gasteiger partial charge < -0.3 is 128 Å². The standard InChI is InChI=1S/C73H97N21O26S/c1-121-22-20-44(66(114)86-42(13-8-21-79-73(76)77)64(112)89-45(63(111)82-35-61(108)109)23-37-9-4-2-5-10-37)88-68(116)48(26-40-32-78-36-83-40)84-56(99)34-81-62(110)46(25-39-14-16-41(95)17-15-39)90-71(119)51(29-59(104)105)94-72(120)52(30-60(106)107)92-67(115)47(24-38-11-6-3-7-12-38)91-65(113)43(18-19-53(75)96)87-70(118)50(28-58(102)103)93-69(117)49(27-57(100)101)85-55(98)33-80-54(97)31-74/h2-7,9-12,14-17,32,36,40,42-52,95H,8,13,18-31,33-35,74H2,1H3,(H2,75,96)(H,80,97)(H,81,110)(H,82,111)(H,84,99)(H,85,98)(H,86,114)(H,87,118)(H,88,116)(H,89,112)(H,90,119)(H,91,113)(H,92,115)(H,93,117)(H,94,120)(H,100,101)(H,102,103)(H,104,105)(H,106,107)(H,108,109)(H4,76,77,79)/t40?,42-,43-,44-,45-,46-,47-,48-,49-,50-,51-,52-/m0/s1. The molecule has 1 heterocycles. The third kappa shape index (κ3) is 38.6. The highest BCUT2D eigenvalue weighted by atomic mass is 32.2. The second-order valence-corrected chi connectivity index (χ2v) is 27.9. The van der Waals surface area contributed by atoms with E-state index < -0.39 is 274 Å². The fourth-order valence-electron chi connectivity index (χ4n) is 11.3. The molecule has 3 aromatic carbocycles. The average Bonchev–Trinajstić information content (AvgIpc) is 1.24. The maximum Gasteiger partial charge on any atom is 0.322 e. The van der Waals surface area contributed by atoms with Crippen LogP contribution < -0.4 is 97.0 Å². The van der Waals surface area contributed by atoms with Crippen molar-refractivity contribution in [2.24, 2.45) is 27.2 Å². The minimum absolute atomic E-state index is 0.0286. The lowest BCUT2D eigenvalue weighted by Crippen LogP contribution is -2.61. The Balaban J connectivity index is 1.62. The molecule has 12 atom stereocenters. The fraction of sp³-hybridized carbons (Fsp3) is 0.438. The summed E-state index contributed by atoms with van der Waals surface area (Å²) >= 11 is 1.26. The van der Waals surface area contributed by atoms with Crippen molar-refractivity contribution in [3.63, 3.8) is 0 Å². The summed E-state index contributed by atoms with van der Waals surface area (Å²) in [5, 5.41) is 101. The number of benzene rings is 3. The highest BCUT2D eigenvalue weighted by molar-refractivity contribution is 7.98. The number of rotatable bonds is 55. The number of thioether (sulfide) groups is 1. The van der Waals surface area contributed by atoms with Gasteiger partial charge in [0.2, 0.25) is 88.6 Å². The molecule has 15 amide bonds. The lowest BCUT2D eigenvalue weighted by atomic mass is 10.0. The largest absolute Gasteiger partial charge is 0.508 e. The van der Waals surface area contributed by atoms with Gasteiger partial charge in [-0.1, -0.05) is 72.8 Å². The maximum atomic E-state index is 14.5. The molecule has 0 fully saturated rings. The summed E-state index contributed by atoms with van der Waals surface area (Å²) in [4.78, 5) is 274. The van der Waals surface area contributed by atoms with Gasteiger partial charge in [0.15, 0.2) is 5.96 Å². The first kappa shape index (κ1) is 99.1. The predicted molar refractivity (Wildman–Crippen MR) is 424 cm³/mol. The minimum Gasteiger partial charge on any atom is -0.508 e. The van der Waals surface area contributed by atoms with Crippen molar-refractivity contribution in [1.29, 1.82) is 5.41 Å². The Morgan fingerprint density at radius 1 is 0.405 bits per heavy atom. The summed E-state index contributed by atoms with van der Waals surface area (Å²) in [6, 6.07) is -0.737. The van der Waals surface area contributed by atoms with Crippen LogP contribution in [0.25, 0.3) is 0 Å². The Labute approximate surface area is 692 Å². The van der Waals surface area contributed by atoms with Crippen LogP contribution in [-0.2, 0) is 115 Å². The van der Waals surface area contributed by atoms with Crippen LogP contribution in [0.5, 0.6) is 5.75 Å². The number of carboxylic acid groups (broad SMARTS) is 5. The number of carboxylic acids is 5. The van der Waals surface area contributed by atoms with E-state index in [0.717, 1.165) is 6.34 Å². The molecule has 0 spiro atoms. The number of aliphatic carboxylic acids is 5. The zero-order valence-electron chi connectivity index (χ0n) is 65.0. The number of amides is 15. The van der Waals surface area contributed by atoms with Gasteiger partial charge >= 0.3 is 29.8 Å². The van der Waals surface area contributed by atoms with Crippen molar-refractivity contribution < 1.29 is 127 Å². The molecule has 0 aliphatic carbocycles. The second-order valence-electron chi connectivity index (χ2n) is 26.9. The number of aromatic hydroxyl groups is 1. The number of nitrogens with one attached hydrogen (secondary N) is 16. The number of phenolic OH excluding ortho intramolecular Hbond substituents is 1. The Hall–Kier alpha value is -14.2. The monoisotopic (exact) mass is 1720 g/mol. The van der Waals surface area contributed by atoms with Crippen molar-refractivity contribution in [2.45, 2.75) is 156 Å². The lowest BCUT2D eigenvalue weighted by Gasteiger charge is -2.27. The van der Waals surface area contributed by atoms with Crippen LogP contribution in [0, 0.1) is 5.41 Å². The third-order valence-electron chi connectivity index (χ3n) is 17.3. The molecule has 3 aromatic rings. The van der Waals surface area contributed by atoms with E-state index in [1.54, 1.807) is 42.7 Å². The van der Waals surface area contributed by atoms with E-state index >= 15 is 0 Å². The fourth-order valence-corrected chi connectivity index (χ4v) is 11.7. The molecule has 0 radical (unpaired) electrons. The van der Waals surface area contributed by atoms with E-state index in [0.29, 0.717) is 5.56 Å². The zero-order chi connectivity index (χ0) is 89.8. The van der Waals surface area contributed by atoms with E-state index in [2.05, 4.69) is 73.8 Å². The van der Waals surface area contributed by atoms with E-state index in [4.69, 9.17) is 22.6 Å². The number of carbonyl (C=O) groups excluding carboxylic acids is 15. The van der Waals surface area contributed by atoms with Crippen LogP contribution in [0.1, 0.15) is 80.9 Å². The molecule has 28 N–H and O–H groups in total. The molecule has 1 aliphatic heterocycles. The molecule has 1 aliphatic rings. The number of hydrogen-bond donors (Lipinski definition) is 25. The molecule has 0 aromatic heterocycles. The van der Waals surface area contributed by atoms with Gasteiger partial charge in [-0.05, 0) is 66.5 Å². The first-order valence-electron chi connectivity index (χ1n) is 37.0. The Morgan fingerprint density at radius 2 is 0.760 bits per heavy atom. The topological polar surface area (TPSA) is 770 Å². The van der Waals surface area contributed by atoms with Gasteiger partial charge in [-0.2, -0.15) is 11.8 Å². The molecular formula is C73H97N21O26S. The van der Waals surface area contributed by atoms with Gasteiger partial charge in [-0.15, -0.1) is 0 Å². The van der Waals surface area contributed by atoms with E-state index in [1.165, 1.54) is 66.5 Å². The molecule has 48 heteroatoms. The Kier molecular flexibility index (Phi) is 42.4. The van der Waals surface area contributed by atoms with Crippen LogP contribution in [0.4, 0.5) is 0 Å². The summed E-state index contributed by atoms with van der Waals surface area (Å²) in [7, 11) is 0. The van der Waals surface area contributed by atoms with E-state index in [1.807, 2.05) is 16.0 Å². The SMILES string of the molecule is CSCC[C@H](NC(=O)[C@H](CC1C=NC=N1)NC(=O)CNC(=O)[C@H](Cc1ccc(O)cc1)NC(=O)[C@H](CC(=O)O)NC(=O)[C@H](CC(=O)O)NC(=O)[C@H](Cc1ccccc1)NC(=O)[C@H](CCC(N)=O)NC(=O)[C@H](CC(=O)O)NC(=O)[C@H](CC(=O)O)NC(=O)CNC(=O)CN)C(=O)N[C@@H](CCCNC(=N)N)C(=O)N[C@@H](Cc1ccccc1)C(=O)NCC(=O)O. The summed E-state index contributed by atoms with van der Waals surface area (Å²) in [6.07, 6.45) is -4.13. The molecule has 121 heavy (non-hydrogen) atoms. The zero-order valence-corrected chi connectivity index (χ0v) is 65.8. The summed E-state index contributed by atoms with van der Waals surface area (Å²) in [5.74, 6) is -26.8. The summed E-state index contributed by atoms with van der Waals surface area (Å²) in [6.45, 7) is -3.17. The van der Waals surface area contributed by atoms with Gasteiger partial charge in [0.1, 0.15) is 85.1 Å². The summed E-state index contributed by atoms with van der Waals surface area (Å²) in [5.41, 5.74) is 17.0. The van der Waals surface area contributed by atoms with Gasteiger partial charge in [0.25, 0.3) is 0 Å². The van der Waals surface area contributed by atoms with E-state index in [-0.39, 0.29) is 61.3 Å². The third-order valence-corrected chi connectivity index (χ3v) is 17.9. The highest BCUT2D eigenvalue weighted by Crippen LogP contribution is 2.16. The first-order valence-corrected chi connectivity index (χ1v) is 38.4. The molecule has 0 bridgehead atoms. The Morgan fingerprint density at radius 3 is 1.16 bits per heavy atom. The molecular weight excluding hydrogens is 1620 g/mol. The minimum atomic E-state index is -2.30. The average molecular weight is 1720 g/mol. The van der Waals surface area contributed by atoms with Crippen molar-refractivity contribution >= 4 is 149 Å². The number of carbonyl (C=O) groups is 20. The predicted octanol–water partition coefficient (Wildman–Crippen LogP) is -8.80. The van der Waals surface area contributed by atoms with Crippen LogP contribution in [0.2, 0.25) is 0 Å². The molecule has 0 saturated heterocycles. The van der Waals surface area contributed by atoms with E-state index in [9.17, 15) is 127 Å². The molecule has 1 unspecified atom stereocenters. The molecule has 47 nitrogen and oxygen atoms in total. The normalized spacial score (nSPS) is 14.5. The quantitative estimate of drug-likeness (QED) is 0.0142. The van der Waals surface area contributed by atoms with Crippen LogP contribution in [-0.4, -0.2) is 285 Å². The first-order chi connectivity index (χ1) is 57.3. The number of phenols is 1. The van der Waals surface area contributed by atoms with Gasteiger partial charge in [0.05, 0.1) is 51.4 Å². The van der Waals surface area contributed by atoms with Crippen LogP contribution in [0.3, 0.4) is 0 Å².